The maximum atomic E-state index is 11.4. The Balaban J connectivity index is 2.19. The van der Waals surface area contributed by atoms with Crippen LogP contribution in [0, 0.1) is 0 Å². The van der Waals surface area contributed by atoms with E-state index in [0.29, 0.717) is 13.2 Å². The lowest BCUT2D eigenvalue weighted by Crippen LogP contribution is -2.35. The van der Waals surface area contributed by atoms with E-state index in [1.54, 1.807) is 0 Å². The van der Waals surface area contributed by atoms with Gasteiger partial charge >= 0.3 is 5.97 Å². The lowest BCUT2D eigenvalue weighted by molar-refractivity contribution is -0.143. The smallest absolute Gasteiger partial charge is 0.325 e. The van der Waals surface area contributed by atoms with Crippen molar-refractivity contribution in [1.29, 1.82) is 0 Å². The van der Waals surface area contributed by atoms with Crippen LogP contribution >= 0.6 is 0 Å². The first kappa shape index (κ1) is 12.1. The Morgan fingerprint density at radius 2 is 2.00 bits per heavy atom. The molecule has 1 heterocycles. The molecular formula is C13H17NO3. The number of nitrogens with zero attached hydrogens (tertiary/aromatic N) is 1. The van der Waals surface area contributed by atoms with Crippen LogP contribution in [0.4, 0.5) is 0 Å². The Morgan fingerprint density at radius 3 is 2.71 bits per heavy atom. The molecule has 1 fully saturated rings. The Morgan fingerprint density at radius 1 is 1.24 bits per heavy atom. The van der Waals surface area contributed by atoms with Gasteiger partial charge in [-0.25, -0.2) is 0 Å². The van der Waals surface area contributed by atoms with Gasteiger partial charge in [-0.15, -0.1) is 0 Å². The minimum absolute atomic E-state index is 0.558. The van der Waals surface area contributed by atoms with Crippen LogP contribution in [-0.4, -0.2) is 42.3 Å². The van der Waals surface area contributed by atoms with Gasteiger partial charge in [0, 0.05) is 19.7 Å². The molecular weight excluding hydrogens is 218 g/mol. The highest BCUT2D eigenvalue weighted by atomic mass is 16.5. The van der Waals surface area contributed by atoms with Gasteiger partial charge in [0.15, 0.2) is 0 Å². The molecule has 0 spiro atoms. The van der Waals surface area contributed by atoms with E-state index in [0.717, 1.165) is 25.1 Å². The first-order valence-electron chi connectivity index (χ1n) is 5.88. The molecule has 1 saturated heterocycles. The molecule has 1 atom stereocenters. The summed E-state index contributed by atoms with van der Waals surface area (Å²) in [6.07, 6.45) is 0.886. The van der Waals surface area contributed by atoms with E-state index in [9.17, 15) is 9.90 Å². The second kappa shape index (κ2) is 5.80. The van der Waals surface area contributed by atoms with Gasteiger partial charge < -0.3 is 9.84 Å². The number of hydrogen-bond donors (Lipinski definition) is 1. The van der Waals surface area contributed by atoms with E-state index in [2.05, 4.69) is 0 Å². The van der Waals surface area contributed by atoms with E-state index in [1.165, 1.54) is 0 Å². The first-order chi connectivity index (χ1) is 8.29. The number of carboxylic acid groups (broad SMARTS) is 1. The van der Waals surface area contributed by atoms with Crippen LogP contribution in [0.5, 0.6) is 0 Å². The summed E-state index contributed by atoms with van der Waals surface area (Å²) in [6.45, 7) is 2.77. The van der Waals surface area contributed by atoms with Gasteiger partial charge in [-0.3, -0.25) is 9.69 Å². The van der Waals surface area contributed by atoms with Crippen LogP contribution < -0.4 is 0 Å². The molecule has 92 valence electrons. The standard InChI is InChI=1S/C13H17NO3/c15-13(16)12(11-5-2-1-3-6-11)14-7-4-9-17-10-8-14/h1-3,5-6,12H,4,7-10H2,(H,15,16). The second-order valence-electron chi connectivity index (χ2n) is 4.15. The average Bonchev–Trinajstić information content (AvgIpc) is 2.59. The molecule has 0 bridgehead atoms. The maximum absolute atomic E-state index is 11.4. The van der Waals surface area contributed by atoms with Gasteiger partial charge in [-0.05, 0) is 12.0 Å². The summed E-state index contributed by atoms with van der Waals surface area (Å²) in [4.78, 5) is 13.4. The predicted octanol–water partition coefficient (Wildman–Crippen LogP) is 1.53. The van der Waals surface area contributed by atoms with E-state index in [-0.39, 0.29) is 0 Å². The van der Waals surface area contributed by atoms with Crippen LogP contribution in [0.15, 0.2) is 30.3 Å². The molecule has 1 aromatic carbocycles. The zero-order valence-corrected chi connectivity index (χ0v) is 9.71. The van der Waals surface area contributed by atoms with E-state index >= 15 is 0 Å². The quantitative estimate of drug-likeness (QED) is 0.863. The monoisotopic (exact) mass is 235 g/mol. The number of ether oxygens (including phenoxy) is 1. The summed E-state index contributed by atoms with van der Waals surface area (Å²) in [5.74, 6) is -0.793. The van der Waals surface area contributed by atoms with Crippen LogP contribution in [-0.2, 0) is 9.53 Å². The normalized spacial score (nSPS) is 19.5. The molecule has 0 radical (unpaired) electrons. The van der Waals surface area contributed by atoms with Crippen LogP contribution in [0.2, 0.25) is 0 Å². The van der Waals surface area contributed by atoms with Gasteiger partial charge in [-0.2, -0.15) is 0 Å². The molecule has 0 aliphatic carbocycles. The van der Waals surface area contributed by atoms with Crippen LogP contribution in [0.1, 0.15) is 18.0 Å². The number of rotatable bonds is 3. The molecule has 1 unspecified atom stereocenters. The summed E-state index contributed by atoms with van der Waals surface area (Å²) in [7, 11) is 0. The predicted molar refractivity (Wildman–Crippen MR) is 63.8 cm³/mol. The molecule has 2 rings (SSSR count). The first-order valence-corrected chi connectivity index (χ1v) is 5.88. The van der Waals surface area contributed by atoms with Crippen molar-refractivity contribution >= 4 is 5.97 Å². The van der Waals surface area contributed by atoms with Crippen LogP contribution in [0.3, 0.4) is 0 Å². The summed E-state index contributed by atoms with van der Waals surface area (Å²) in [6, 6.07) is 8.82. The van der Waals surface area contributed by atoms with Crippen molar-refractivity contribution in [1.82, 2.24) is 4.90 Å². The lowest BCUT2D eigenvalue weighted by atomic mass is 10.1. The third-order valence-electron chi connectivity index (χ3n) is 2.97. The van der Waals surface area contributed by atoms with E-state index in [4.69, 9.17) is 4.74 Å². The van der Waals surface area contributed by atoms with Crippen molar-refractivity contribution < 1.29 is 14.6 Å². The average molecular weight is 235 g/mol. The fraction of sp³-hybridized carbons (Fsp3) is 0.462. The minimum atomic E-state index is -0.793. The summed E-state index contributed by atoms with van der Waals surface area (Å²) in [5.41, 5.74) is 0.835. The summed E-state index contributed by atoms with van der Waals surface area (Å²) in [5, 5.41) is 9.39. The van der Waals surface area contributed by atoms with Gasteiger partial charge in [0.25, 0.3) is 0 Å². The number of aliphatic carboxylic acids is 1. The van der Waals surface area contributed by atoms with Crippen LogP contribution in [0.25, 0.3) is 0 Å². The number of benzene rings is 1. The van der Waals surface area contributed by atoms with Gasteiger partial charge in [0.1, 0.15) is 6.04 Å². The second-order valence-corrected chi connectivity index (χ2v) is 4.15. The van der Waals surface area contributed by atoms with Gasteiger partial charge in [0.2, 0.25) is 0 Å². The van der Waals surface area contributed by atoms with Crippen molar-refractivity contribution in [2.24, 2.45) is 0 Å². The molecule has 4 heteroatoms. The molecule has 1 N–H and O–H groups in total. The number of carboxylic acids is 1. The largest absolute Gasteiger partial charge is 0.480 e. The number of carbonyl (C=O) groups is 1. The van der Waals surface area contributed by atoms with E-state index < -0.39 is 12.0 Å². The molecule has 0 saturated carbocycles. The highest BCUT2D eigenvalue weighted by molar-refractivity contribution is 5.75. The highest BCUT2D eigenvalue weighted by Gasteiger charge is 2.27. The Bertz CT molecular complexity index is 358. The SMILES string of the molecule is O=C(O)C(c1ccccc1)N1CCCOCC1. The minimum Gasteiger partial charge on any atom is -0.480 e. The van der Waals surface area contributed by atoms with Gasteiger partial charge in [-0.1, -0.05) is 30.3 Å². The number of hydrogen-bond acceptors (Lipinski definition) is 3. The van der Waals surface area contributed by atoms with Crippen molar-refractivity contribution in [3.8, 4) is 0 Å². The lowest BCUT2D eigenvalue weighted by Gasteiger charge is -2.27. The Hall–Kier alpha value is -1.39. The zero-order chi connectivity index (χ0) is 12.1. The van der Waals surface area contributed by atoms with Crippen molar-refractivity contribution in [2.75, 3.05) is 26.3 Å². The Labute approximate surface area is 101 Å². The molecule has 0 amide bonds. The molecule has 17 heavy (non-hydrogen) atoms. The van der Waals surface area contributed by atoms with Crippen molar-refractivity contribution in [3.63, 3.8) is 0 Å². The molecule has 1 aromatic rings. The zero-order valence-electron chi connectivity index (χ0n) is 9.71. The molecule has 0 aromatic heterocycles. The molecule has 4 nitrogen and oxygen atoms in total. The fourth-order valence-corrected chi connectivity index (χ4v) is 2.17. The maximum Gasteiger partial charge on any atom is 0.325 e. The van der Waals surface area contributed by atoms with Gasteiger partial charge in [0.05, 0.1) is 6.61 Å². The summed E-state index contributed by atoms with van der Waals surface area (Å²) >= 11 is 0. The topological polar surface area (TPSA) is 49.8 Å². The molecule has 1 aliphatic rings. The Kier molecular flexibility index (Phi) is 4.12. The highest BCUT2D eigenvalue weighted by Crippen LogP contribution is 2.21. The third kappa shape index (κ3) is 3.05. The van der Waals surface area contributed by atoms with Crippen molar-refractivity contribution in [2.45, 2.75) is 12.5 Å². The van der Waals surface area contributed by atoms with Crippen molar-refractivity contribution in [3.05, 3.63) is 35.9 Å². The third-order valence-corrected chi connectivity index (χ3v) is 2.97. The van der Waals surface area contributed by atoms with E-state index in [1.807, 2.05) is 35.2 Å². The fourth-order valence-electron chi connectivity index (χ4n) is 2.17. The molecule has 1 aliphatic heterocycles. The summed E-state index contributed by atoms with van der Waals surface area (Å²) < 4.78 is 5.36.